The zero-order valence-electron chi connectivity index (χ0n) is 15.5. The normalized spacial score (nSPS) is 11.1. The van der Waals surface area contributed by atoms with Gasteiger partial charge in [0, 0.05) is 17.7 Å². The van der Waals surface area contributed by atoms with E-state index in [0.29, 0.717) is 10.7 Å². The summed E-state index contributed by atoms with van der Waals surface area (Å²) in [7, 11) is 0. The summed E-state index contributed by atoms with van der Waals surface area (Å²) in [5.41, 5.74) is 1.41. The number of aromatic nitrogens is 1. The van der Waals surface area contributed by atoms with Crippen molar-refractivity contribution in [2.24, 2.45) is 5.10 Å². The first-order valence-corrected chi connectivity index (χ1v) is 9.65. The molecule has 148 valence electrons. The van der Waals surface area contributed by atoms with Gasteiger partial charge in [0.15, 0.2) is 10.8 Å². The highest BCUT2D eigenvalue weighted by Crippen LogP contribution is 2.26. The van der Waals surface area contributed by atoms with E-state index in [1.54, 1.807) is 12.1 Å². The predicted molar refractivity (Wildman–Crippen MR) is 118 cm³/mol. The molecule has 0 spiro atoms. The summed E-state index contributed by atoms with van der Waals surface area (Å²) >= 11 is 1.37. The fourth-order valence-electron chi connectivity index (χ4n) is 2.77. The number of nitrogens with one attached hydrogen (secondary N) is 1. The molecule has 30 heavy (non-hydrogen) atoms. The van der Waals surface area contributed by atoms with Crippen molar-refractivity contribution >= 4 is 45.0 Å². The topological polar surface area (TPSA) is 116 Å². The number of non-ortho nitro benzene ring substituents is 1. The molecular weight excluding hydrogens is 402 g/mol. The lowest BCUT2D eigenvalue weighted by atomic mass is 10.2. The van der Waals surface area contributed by atoms with Crippen LogP contribution in [0.3, 0.4) is 0 Å². The molecule has 0 bridgehead atoms. The van der Waals surface area contributed by atoms with Gasteiger partial charge in [-0.2, -0.15) is 5.10 Å². The number of nitrogens with zero attached hydrogens (tertiary/aromatic N) is 4. The zero-order chi connectivity index (χ0) is 21.1. The van der Waals surface area contributed by atoms with Gasteiger partial charge in [-0.25, -0.2) is 9.99 Å². The average Bonchev–Trinajstić information content (AvgIpc) is 3.20. The molecule has 0 aliphatic rings. The van der Waals surface area contributed by atoms with Crippen LogP contribution in [0.1, 0.15) is 10.6 Å². The van der Waals surface area contributed by atoms with Crippen LogP contribution in [-0.2, 0) is 0 Å². The van der Waals surface area contributed by atoms with Gasteiger partial charge in [-0.3, -0.25) is 15.5 Å². The number of thiazole rings is 1. The molecule has 9 heteroatoms. The number of nitro groups is 1. The standard InChI is InChI=1S/C21H15N5O3S/c22-20(21-24-17-8-4-5-9-19(17)30-21)25(15-6-2-1-3-7-15)23-13-14-12-16(26(28)29)10-11-18(14)27/h1-13,22,27H. The molecule has 4 rings (SSSR count). The van der Waals surface area contributed by atoms with E-state index in [1.807, 2.05) is 42.5 Å². The Morgan fingerprint density at radius 1 is 1.13 bits per heavy atom. The van der Waals surface area contributed by atoms with Crippen LogP contribution < -0.4 is 5.01 Å². The van der Waals surface area contributed by atoms with Crippen molar-refractivity contribution in [3.05, 3.63) is 93.5 Å². The maximum Gasteiger partial charge on any atom is 0.270 e. The summed E-state index contributed by atoms with van der Waals surface area (Å²) in [5, 5.41) is 35.9. The quantitative estimate of drug-likeness (QED) is 0.210. The van der Waals surface area contributed by atoms with Crippen LogP contribution in [0.25, 0.3) is 10.2 Å². The largest absolute Gasteiger partial charge is 0.507 e. The van der Waals surface area contributed by atoms with Crippen LogP contribution >= 0.6 is 11.3 Å². The average molecular weight is 417 g/mol. The molecule has 0 saturated heterocycles. The number of anilines is 1. The number of hydrogen-bond donors (Lipinski definition) is 2. The third kappa shape index (κ3) is 3.87. The minimum atomic E-state index is -0.547. The van der Waals surface area contributed by atoms with Crippen molar-refractivity contribution in [1.82, 2.24) is 4.98 Å². The van der Waals surface area contributed by atoms with E-state index in [0.717, 1.165) is 10.2 Å². The van der Waals surface area contributed by atoms with Gasteiger partial charge in [-0.05, 0) is 30.3 Å². The molecule has 0 unspecified atom stereocenters. The van der Waals surface area contributed by atoms with E-state index >= 15 is 0 Å². The molecular formula is C21H15N5O3S. The maximum absolute atomic E-state index is 11.0. The molecule has 0 atom stereocenters. The molecule has 0 fully saturated rings. The van der Waals surface area contributed by atoms with Gasteiger partial charge in [0.1, 0.15) is 5.75 Å². The minimum Gasteiger partial charge on any atom is -0.507 e. The highest BCUT2D eigenvalue weighted by molar-refractivity contribution is 7.20. The van der Waals surface area contributed by atoms with Crippen LogP contribution in [0.2, 0.25) is 0 Å². The Balaban J connectivity index is 1.74. The Labute approximate surface area is 175 Å². The molecule has 1 aromatic heterocycles. The predicted octanol–water partition coefficient (Wildman–Crippen LogP) is 4.78. The number of hydrazone groups is 1. The molecule has 0 amide bonds. The van der Waals surface area contributed by atoms with Crippen molar-refractivity contribution < 1.29 is 10.0 Å². The Kier molecular flexibility index (Phi) is 5.19. The number of hydrogen-bond acceptors (Lipinski definition) is 7. The molecule has 1 heterocycles. The third-order valence-corrected chi connectivity index (χ3v) is 5.29. The fraction of sp³-hybridized carbons (Fsp3) is 0. The van der Waals surface area contributed by atoms with Gasteiger partial charge >= 0.3 is 0 Å². The molecule has 0 aliphatic carbocycles. The van der Waals surface area contributed by atoms with Gasteiger partial charge < -0.3 is 5.11 Å². The van der Waals surface area contributed by atoms with Crippen LogP contribution in [0.5, 0.6) is 5.75 Å². The van der Waals surface area contributed by atoms with E-state index < -0.39 is 4.92 Å². The lowest BCUT2D eigenvalue weighted by molar-refractivity contribution is -0.384. The highest BCUT2D eigenvalue weighted by Gasteiger charge is 2.18. The first-order valence-electron chi connectivity index (χ1n) is 8.84. The second kappa shape index (κ2) is 8.10. The second-order valence-corrected chi connectivity index (χ2v) is 7.26. The van der Waals surface area contributed by atoms with Crippen LogP contribution in [-0.4, -0.2) is 27.1 Å². The van der Waals surface area contributed by atoms with Crippen molar-refractivity contribution in [3.8, 4) is 5.75 Å². The second-order valence-electron chi connectivity index (χ2n) is 6.23. The number of benzene rings is 3. The van der Waals surface area contributed by atoms with Crippen LogP contribution in [0, 0.1) is 15.5 Å². The van der Waals surface area contributed by atoms with Crippen LogP contribution in [0.15, 0.2) is 77.9 Å². The van der Waals surface area contributed by atoms with E-state index in [9.17, 15) is 15.2 Å². The van der Waals surface area contributed by atoms with Gasteiger partial charge in [0.05, 0.1) is 27.0 Å². The van der Waals surface area contributed by atoms with Crippen molar-refractivity contribution in [2.75, 3.05) is 5.01 Å². The van der Waals surface area contributed by atoms with Crippen LogP contribution in [0.4, 0.5) is 11.4 Å². The van der Waals surface area contributed by atoms with Gasteiger partial charge in [-0.1, -0.05) is 30.3 Å². The molecule has 0 aliphatic heterocycles. The van der Waals surface area contributed by atoms with E-state index in [4.69, 9.17) is 5.41 Å². The zero-order valence-corrected chi connectivity index (χ0v) is 16.3. The van der Waals surface area contributed by atoms with E-state index in [1.165, 1.54) is 40.8 Å². The summed E-state index contributed by atoms with van der Waals surface area (Å²) in [5.74, 6) is -0.104. The summed E-state index contributed by atoms with van der Waals surface area (Å²) in [6.45, 7) is 0. The first-order chi connectivity index (χ1) is 14.5. The Morgan fingerprint density at radius 2 is 1.87 bits per heavy atom. The van der Waals surface area contributed by atoms with E-state index in [2.05, 4.69) is 10.1 Å². The van der Waals surface area contributed by atoms with Gasteiger partial charge in [-0.15, -0.1) is 11.3 Å². The van der Waals surface area contributed by atoms with E-state index in [-0.39, 0.29) is 22.8 Å². The van der Waals surface area contributed by atoms with Crippen molar-refractivity contribution in [2.45, 2.75) is 0 Å². The van der Waals surface area contributed by atoms with Crippen molar-refractivity contribution in [1.29, 1.82) is 5.41 Å². The summed E-state index contributed by atoms with van der Waals surface area (Å²) < 4.78 is 0.950. The monoisotopic (exact) mass is 417 g/mol. The molecule has 3 aromatic carbocycles. The molecule has 0 radical (unpaired) electrons. The highest BCUT2D eigenvalue weighted by atomic mass is 32.1. The summed E-state index contributed by atoms with van der Waals surface area (Å²) in [4.78, 5) is 15.0. The number of phenols is 1. The molecule has 2 N–H and O–H groups in total. The molecule has 8 nitrogen and oxygen atoms in total. The third-order valence-electron chi connectivity index (χ3n) is 4.24. The fourth-order valence-corrected chi connectivity index (χ4v) is 3.67. The smallest absolute Gasteiger partial charge is 0.270 e. The molecule has 0 saturated carbocycles. The number of nitro benzene ring substituents is 1. The number of rotatable bonds is 5. The SMILES string of the molecule is N=C(c1nc2ccccc2s1)N(N=Cc1cc([N+](=O)[O-])ccc1O)c1ccccc1. The van der Waals surface area contributed by atoms with Gasteiger partial charge in [0.2, 0.25) is 0 Å². The maximum atomic E-state index is 11.0. The summed E-state index contributed by atoms with van der Waals surface area (Å²) in [6.07, 6.45) is 1.29. The first kappa shape index (κ1) is 19.2. The minimum absolute atomic E-state index is 0.0450. The number of aromatic hydroxyl groups is 1. The number of amidine groups is 1. The van der Waals surface area contributed by atoms with Crippen molar-refractivity contribution in [3.63, 3.8) is 0 Å². The summed E-state index contributed by atoms with van der Waals surface area (Å²) in [6, 6.07) is 20.3. The number of phenolic OH excluding ortho intramolecular Hbond substituents is 1. The lowest BCUT2D eigenvalue weighted by Crippen LogP contribution is -2.25. The van der Waals surface area contributed by atoms with Gasteiger partial charge in [0.25, 0.3) is 5.69 Å². The molecule has 4 aromatic rings. The Bertz CT molecular complexity index is 1240. The Hall–Kier alpha value is -4.11. The lowest BCUT2D eigenvalue weighted by Gasteiger charge is -2.18. The Morgan fingerprint density at radius 3 is 2.60 bits per heavy atom. The number of para-hydroxylation sites is 2. The number of fused-ring (bicyclic) bond motifs is 1.